The molecule has 9 heteroatoms. The van der Waals surface area contributed by atoms with Crippen molar-refractivity contribution in [3.63, 3.8) is 0 Å². The van der Waals surface area contributed by atoms with E-state index in [0.717, 1.165) is 28.3 Å². The first-order chi connectivity index (χ1) is 16.2. The van der Waals surface area contributed by atoms with Crippen LogP contribution in [0.5, 0.6) is 5.75 Å². The number of carboxylic acid groups (broad SMARTS) is 1. The molecule has 1 aliphatic carbocycles. The lowest BCUT2D eigenvalue weighted by Crippen LogP contribution is -2.43. The Morgan fingerprint density at radius 3 is 2.06 bits per heavy atom. The van der Waals surface area contributed by atoms with E-state index in [1.54, 1.807) is 0 Å². The highest BCUT2D eigenvalue weighted by Crippen LogP contribution is 2.44. The molecule has 0 fully saturated rings. The average Bonchev–Trinajstić information content (AvgIpc) is 3.11. The molecule has 6 nitrogen and oxygen atoms in total. The van der Waals surface area contributed by atoms with Crippen LogP contribution in [0.3, 0.4) is 0 Å². The van der Waals surface area contributed by atoms with E-state index in [9.17, 15) is 27.9 Å². The SMILES string of the molecule is O=C(N[C@H](Cc1ccccc1OC(F)(F)F)C(=O)O)OCC1c2ccccc2-c2ccccc21. The number of carbonyl (C=O) groups excluding carboxylic acids is 1. The Hall–Kier alpha value is -4.01. The van der Waals surface area contributed by atoms with Gasteiger partial charge in [0.2, 0.25) is 0 Å². The van der Waals surface area contributed by atoms with Gasteiger partial charge in [-0.3, -0.25) is 0 Å². The fraction of sp³-hybridized carbons (Fsp3) is 0.200. The molecule has 0 heterocycles. The van der Waals surface area contributed by atoms with Crippen molar-refractivity contribution in [2.45, 2.75) is 24.7 Å². The Morgan fingerprint density at radius 2 is 1.47 bits per heavy atom. The number of carbonyl (C=O) groups is 2. The van der Waals surface area contributed by atoms with Crippen LogP contribution in [-0.2, 0) is 16.0 Å². The third-order valence-corrected chi connectivity index (χ3v) is 5.56. The predicted octanol–water partition coefficient (Wildman–Crippen LogP) is 5.12. The fourth-order valence-electron chi connectivity index (χ4n) is 4.10. The van der Waals surface area contributed by atoms with Crippen molar-refractivity contribution < 1.29 is 37.3 Å². The maximum absolute atomic E-state index is 12.7. The van der Waals surface area contributed by atoms with Gasteiger partial charge in [-0.05, 0) is 33.9 Å². The van der Waals surface area contributed by atoms with Crippen molar-refractivity contribution in [3.8, 4) is 16.9 Å². The lowest BCUT2D eigenvalue weighted by molar-refractivity contribution is -0.274. The van der Waals surface area contributed by atoms with Gasteiger partial charge in [0.05, 0.1) is 0 Å². The highest BCUT2D eigenvalue weighted by Gasteiger charge is 2.33. The van der Waals surface area contributed by atoms with Crippen LogP contribution in [0.1, 0.15) is 22.6 Å². The number of fused-ring (bicyclic) bond motifs is 3. The van der Waals surface area contributed by atoms with Crippen molar-refractivity contribution >= 4 is 12.1 Å². The summed E-state index contributed by atoms with van der Waals surface area (Å²) in [5.41, 5.74) is 4.04. The van der Waals surface area contributed by atoms with Gasteiger partial charge in [0.25, 0.3) is 0 Å². The summed E-state index contributed by atoms with van der Waals surface area (Å²) in [5, 5.41) is 11.7. The molecule has 0 spiro atoms. The summed E-state index contributed by atoms with van der Waals surface area (Å²) in [7, 11) is 0. The van der Waals surface area contributed by atoms with Crippen LogP contribution in [0.2, 0.25) is 0 Å². The fourth-order valence-corrected chi connectivity index (χ4v) is 4.10. The molecule has 1 atom stereocenters. The average molecular weight is 471 g/mol. The second kappa shape index (κ2) is 9.46. The van der Waals surface area contributed by atoms with E-state index in [1.165, 1.54) is 18.2 Å². The number of benzene rings is 3. The first kappa shape index (κ1) is 23.2. The van der Waals surface area contributed by atoms with Crippen molar-refractivity contribution in [1.82, 2.24) is 5.32 Å². The minimum absolute atomic E-state index is 0.0221. The number of rotatable bonds is 7. The summed E-state index contributed by atoms with van der Waals surface area (Å²) in [6.45, 7) is -0.0278. The molecule has 0 unspecified atom stereocenters. The number of alkyl carbamates (subject to hydrolysis) is 1. The van der Waals surface area contributed by atoms with E-state index >= 15 is 0 Å². The number of halogens is 3. The van der Waals surface area contributed by atoms with Crippen molar-refractivity contribution in [2.75, 3.05) is 6.61 Å². The number of para-hydroxylation sites is 1. The number of hydrogen-bond donors (Lipinski definition) is 2. The Bertz CT molecular complexity index is 1170. The number of hydrogen-bond acceptors (Lipinski definition) is 4. The standard InChI is InChI=1S/C25H20F3NO5/c26-25(27,28)34-22-12-6-1-7-15(22)13-21(23(30)31)29-24(32)33-14-20-18-10-4-2-8-16(18)17-9-3-5-11-19(17)20/h1-12,20-21H,13-14H2,(H,29,32)(H,30,31)/t21-/m1/s1. The molecule has 34 heavy (non-hydrogen) atoms. The molecular weight excluding hydrogens is 451 g/mol. The lowest BCUT2D eigenvalue weighted by atomic mass is 9.98. The van der Waals surface area contributed by atoms with E-state index < -0.39 is 36.6 Å². The second-order valence-corrected chi connectivity index (χ2v) is 7.72. The van der Waals surface area contributed by atoms with Crippen LogP contribution in [-0.4, -0.2) is 36.2 Å². The molecule has 3 aromatic carbocycles. The van der Waals surface area contributed by atoms with Crippen LogP contribution in [0.25, 0.3) is 11.1 Å². The topological polar surface area (TPSA) is 84.9 Å². The van der Waals surface area contributed by atoms with Crippen LogP contribution in [0.15, 0.2) is 72.8 Å². The normalized spacial score (nSPS) is 13.5. The van der Waals surface area contributed by atoms with Gasteiger partial charge >= 0.3 is 18.4 Å². The first-order valence-corrected chi connectivity index (χ1v) is 10.4. The van der Waals surface area contributed by atoms with Crippen LogP contribution in [0.4, 0.5) is 18.0 Å². The third kappa shape index (κ3) is 5.14. The van der Waals surface area contributed by atoms with Gasteiger partial charge in [0.15, 0.2) is 0 Å². The van der Waals surface area contributed by atoms with Crippen LogP contribution < -0.4 is 10.1 Å². The number of nitrogens with one attached hydrogen (secondary N) is 1. The van der Waals surface area contributed by atoms with Gasteiger partial charge in [0.1, 0.15) is 18.4 Å². The molecule has 0 aliphatic heterocycles. The van der Waals surface area contributed by atoms with Crippen LogP contribution >= 0.6 is 0 Å². The summed E-state index contributed by atoms with van der Waals surface area (Å²) >= 11 is 0. The van der Waals surface area contributed by atoms with Crippen LogP contribution in [0, 0.1) is 0 Å². The van der Waals surface area contributed by atoms with Gasteiger partial charge in [0, 0.05) is 12.3 Å². The maximum atomic E-state index is 12.7. The van der Waals surface area contributed by atoms with Crippen molar-refractivity contribution in [3.05, 3.63) is 89.5 Å². The molecule has 0 aromatic heterocycles. The number of ether oxygens (including phenoxy) is 2. The molecule has 3 aromatic rings. The maximum Gasteiger partial charge on any atom is 0.573 e. The number of alkyl halides is 3. The summed E-state index contributed by atoms with van der Waals surface area (Å²) in [6, 6.07) is 19.1. The van der Waals surface area contributed by atoms with Crippen molar-refractivity contribution in [1.29, 1.82) is 0 Å². The Kier molecular flexibility index (Phi) is 6.45. The summed E-state index contributed by atoms with van der Waals surface area (Å²) < 4.78 is 47.3. The zero-order valence-corrected chi connectivity index (χ0v) is 17.7. The van der Waals surface area contributed by atoms with Gasteiger partial charge < -0.3 is 19.9 Å². The molecule has 0 bridgehead atoms. The summed E-state index contributed by atoms with van der Waals surface area (Å²) in [5.74, 6) is -2.17. The predicted molar refractivity (Wildman–Crippen MR) is 116 cm³/mol. The first-order valence-electron chi connectivity index (χ1n) is 10.4. The van der Waals surface area contributed by atoms with E-state index in [-0.39, 0.29) is 18.1 Å². The number of aliphatic carboxylic acids is 1. The minimum atomic E-state index is -4.94. The molecule has 1 aliphatic rings. The van der Waals surface area contributed by atoms with Gasteiger partial charge in [-0.2, -0.15) is 0 Å². The molecule has 0 saturated carbocycles. The quantitative estimate of drug-likeness (QED) is 0.500. The Balaban J connectivity index is 1.44. The summed E-state index contributed by atoms with van der Waals surface area (Å²) in [6.07, 6.45) is -6.34. The lowest BCUT2D eigenvalue weighted by Gasteiger charge is -2.19. The smallest absolute Gasteiger partial charge is 0.480 e. The summed E-state index contributed by atoms with van der Waals surface area (Å²) in [4.78, 5) is 24.1. The monoisotopic (exact) mass is 471 g/mol. The van der Waals surface area contributed by atoms with Gasteiger partial charge in [-0.1, -0.05) is 66.7 Å². The molecule has 2 N–H and O–H groups in total. The number of amides is 1. The number of carboxylic acids is 1. The van der Waals surface area contributed by atoms with E-state index in [1.807, 2.05) is 48.5 Å². The minimum Gasteiger partial charge on any atom is -0.480 e. The zero-order valence-electron chi connectivity index (χ0n) is 17.7. The molecule has 0 radical (unpaired) electrons. The third-order valence-electron chi connectivity index (χ3n) is 5.56. The molecule has 176 valence electrons. The van der Waals surface area contributed by atoms with E-state index in [2.05, 4.69) is 10.1 Å². The zero-order chi connectivity index (χ0) is 24.3. The van der Waals surface area contributed by atoms with E-state index in [4.69, 9.17) is 4.74 Å². The molecular formula is C25H20F3NO5. The van der Waals surface area contributed by atoms with Gasteiger partial charge in [-0.15, -0.1) is 13.2 Å². The van der Waals surface area contributed by atoms with Gasteiger partial charge in [-0.25, -0.2) is 9.59 Å². The van der Waals surface area contributed by atoms with E-state index in [0.29, 0.717) is 0 Å². The highest BCUT2D eigenvalue weighted by atomic mass is 19.4. The highest BCUT2D eigenvalue weighted by molar-refractivity contribution is 5.81. The molecule has 1 amide bonds. The Labute approximate surface area is 192 Å². The largest absolute Gasteiger partial charge is 0.573 e. The Morgan fingerprint density at radius 1 is 0.912 bits per heavy atom. The second-order valence-electron chi connectivity index (χ2n) is 7.72. The molecule has 4 rings (SSSR count). The van der Waals surface area contributed by atoms with Crippen molar-refractivity contribution in [2.24, 2.45) is 0 Å². The molecule has 0 saturated heterocycles.